The summed E-state index contributed by atoms with van der Waals surface area (Å²) in [5, 5.41) is 21.9. The van der Waals surface area contributed by atoms with Crippen LogP contribution >= 0.6 is 0 Å². The first kappa shape index (κ1) is 45.5. The van der Waals surface area contributed by atoms with E-state index in [-0.39, 0.29) is 50.8 Å². The summed E-state index contributed by atoms with van der Waals surface area (Å²) in [6, 6.07) is 8.82. The molecule has 0 bridgehead atoms. The second kappa shape index (κ2) is 23.2. The fraction of sp³-hybridized carbons (Fsp3) is 0.533. The molecule has 342 valence electrons. The van der Waals surface area contributed by atoms with Gasteiger partial charge in [0, 0.05) is 32.1 Å². The lowest BCUT2D eigenvalue weighted by atomic mass is 10.1. The molecule has 6 atom stereocenters. The number of allylic oxidation sites excluding steroid dienone is 4. The van der Waals surface area contributed by atoms with Gasteiger partial charge in [-0.05, 0) is 118 Å². The number of hydrazone groups is 2. The number of fused-ring (bicyclic) bond motifs is 2. The SMILES string of the molecule is O=C(CCCC(=O)Nc1ccc(C2=NNC(c3ccccn3)=NN2)nc1)NCCNC(=O)OC(CNC(=O)OCC1[C@H]2CC/C=C/CC[C@@H]12)CNC(=O)OCC1[C@H]2CC/C=C/CC[C@@H]12. The number of pyridine rings is 2. The Balaban J connectivity index is 0.767. The summed E-state index contributed by atoms with van der Waals surface area (Å²) in [6.45, 7) is 0.635. The molecule has 2 fully saturated rings. The van der Waals surface area contributed by atoms with Crippen LogP contribution in [0.25, 0.3) is 0 Å². The first-order valence-electron chi connectivity index (χ1n) is 22.5. The molecule has 1 aliphatic heterocycles. The molecule has 4 aliphatic carbocycles. The number of amides is 5. The molecule has 7 N–H and O–H groups in total. The first-order chi connectivity index (χ1) is 31.3. The highest BCUT2D eigenvalue weighted by atomic mass is 16.6. The van der Waals surface area contributed by atoms with Crippen LogP contribution in [0.1, 0.15) is 82.0 Å². The van der Waals surface area contributed by atoms with E-state index in [1.807, 2.05) is 6.07 Å². The Morgan fingerprint density at radius 2 is 1.17 bits per heavy atom. The summed E-state index contributed by atoms with van der Waals surface area (Å²) in [4.78, 5) is 71.7. The molecule has 0 aromatic carbocycles. The van der Waals surface area contributed by atoms with Gasteiger partial charge in [-0.15, -0.1) is 0 Å². The Morgan fingerprint density at radius 3 is 1.69 bits per heavy atom. The Hall–Kier alpha value is -6.53. The van der Waals surface area contributed by atoms with E-state index in [1.54, 1.807) is 30.5 Å². The number of carbonyl (C=O) groups is 5. The van der Waals surface area contributed by atoms with Crippen molar-refractivity contribution in [2.45, 2.75) is 76.7 Å². The fourth-order valence-electron chi connectivity index (χ4n) is 8.77. The lowest BCUT2D eigenvalue weighted by molar-refractivity contribution is -0.121. The molecule has 19 nitrogen and oxygen atoms in total. The molecule has 0 saturated heterocycles. The quantitative estimate of drug-likeness (QED) is 0.0588. The van der Waals surface area contributed by atoms with Crippen LogP contribution < -0.4 is 37.4 Å². The fourth-order valence-corrected chi connectivity index (χ4v) is 8.77. The second-order valence-corrected chi connectivity index (χ2v) is 16.7. The van der Waals surface area contributed by atoms with E-state index in [1.165, 1.54) is 6.20 Å². The third-order valence-electron chi connectivity index (χ3n) is 12.3. The highest BCUT2D eigenvalue weighted by Crippen LogP contribution is 2.53. The van der Waals surface area contributed by atoms with Gasteiger partial charge in [0.2, 0.25) is 11.8 Å². The number of carbonyl (C=O) groups excluding carboxylic acids is 5. The molecule has 2 unspecified atom stereocenters. The molecule has 2 aromatic heterocycles. The zero-order valence-electron chi connectivity index (χ0n) is 36.0. The van der Waals surface area contributed by atoms with E-state index in [2.05, 4.69) is 81.9 Å². The normalized spacial score (nSPS) is 24.3. The number of hydrogen-bond acceptors (Lipinski definition) is 14. The van der Waals surface area contributed by atoms with Crippen molar-refractivity contribution >= 4 is 47.5 Å². The van der Waals surface area contributed by atoms with Crippen molar-refractivity contribution in [3.05, 3.63) is 78.4 Å². The van der Waals surface area contributed by atoms with Crippen LogP contribution in [-0.2, 0) is 23.8 Å². The molecule has 7 rings (SSSR count). The number of rotatable bonds is 19. The van der Waals surface area contributed by atoms with Crippen molar-refractivity contribution in [3.8, 4) is 0 Å². The van der Waals surface area contributed by atoms with Gasteiger partial charge in [0.25, 0.3) is 0 Å². The zero-order valence-corrected chi connectivity index (χ0v) is 36.0. The van der Waals surface area contributed by atoms with E-state index in [9.17, 15) is 24.0 Å². The maximum Gasteiger partial charge on any atom is 0.407 e. The van der Waals surface area contributed by atoms with Crippen molar-refractivity contribution < 1.29 is 38.2 Å². The average molecular weight is 882 g/mol. The van der Waals surface area contributed by atoms with E-state index in [0.717, 1.165) is 51.4 Å². The summed E-state index contributed by atoms with van der Waals surface area (Å²) in [6.07, 6.45) is 18.2. The van der Waals surface area contributed by atoms with Crippen LogP contribution in [-0.4, -0.2) is 97.2 Å². The minimum absolute atomic E-state index is 0.0555. The van der Waals surface area contributed by atoms with E-state index < -0.39 is 24.4 Å². The van der Waals surface area contributed by atoms with Crippen LogP contribution in [0.5, 0.6) is 0 Å². The minimum Gasteiger partial charge on any atom is -0.449 e. The van der Waals surface area contributed by atoms with Gasteiger partial charge < -0.3 is 40.8 Å². The van der Waals surface area contributed by atoms with Gasteiger partial charge in [0.15, 0.2) is 11.7 Å². The number of nitrogens with zero attached hydrogens (tertiary/aromatic N) is 4. The molecule has 64 heavy (non-hydrogen) atoms. The Labute approximate surface area is 372 Å². The maximum absolute atomic E-state index is 12.8. The lowest BCUT2D eigenvalue weighted by Gasteiger charge is -2.19. The summed E-state index contributed by atoms with van der Waals surface area (Å²) in [5.41, 5.74) is 7.31. The minimum atomic E-state index is -0.931. The Bertz CT molecular complexity index is 1960. The number of amidine groups is 2. The first-order valence-corrected chi connectivity index (χ1v) is 22.5. The van der Waals surface area contributed by atoms with Gasteiger partial charge in [-0.2, -0.15) is 10.2 Å². The number of nitrogens with one attached hydrogen (secondary N) is 7. The van der Waals surface area contributed by atoms with Gasteiger partial charge in [-0.1, -0.05) is 30.4 Å². The van der Waals surface area contributed by atoms with E-state index in [4.69, 9.17) is 14.2 Å². The summed E-state index contributed by atoms with van der Waals surface area (Å²) in [5.74, 6) is 3.31. The molecular formula is C45H59N11O8. The Morgan fingerprint density at radius 1 is 0.625 bits per heavy atom. The smallest absolute Gasteiger partial charge is 0.407 e. The van der Waals surface area contributed by atoms with Crippen molar-refractivity contribution in [1.82, 2.24) is 42.1 Å². The number of anilines is 1. The van der Waals surface area contributed by atoms with E-state index in [0.29, 0.717) is 83.9 Å². The predicted octanol–water partition coefficient (Wildman–Crippen LogP) is 4.45. The van der Waals surface area contributed by atoms with Crippen molar-refractivity contribution in [3.63, 3.8) is 0 Å². The van der Waals surface area contributed by atoms with Gasteiger partial charge in [0.05, 0.1) is 38.2 Å². The molecule has 3 heterocycles. The predicted molar refractivity (Wildman–Crippen MR) is 236 cm³/mol. The molecule has 2 aromatic rings. The third-order valence-corrected chi connectivity index (χ3v) is 12.3. The molecule has 19 heteroatoms. The summed E-state index contributed by atoms with van der Waals surface area (Å²) in [7, 11) is 0. The van der Waals surface area contributed by atoms with Crippen molar-refractivity contribution in [2.24, 2.45) is 45.7 Å². The molecule has 2 saturated carbocycles. The molecule has 5 aliphatic rings. The summed E-state index contributed by atoms with van der Waals surface area (Å²) >= 11 is 0. The molecule has 0 spiro atoms. The van der Waals surface area contributed by atoms with Crippen molar-refractivity contribution in [1.29, 1.82) is 0 Å². The number of aromatic nitrogens is 2. The highest BCUT2D eigenvalue weighted by molar-refractivity contribution is 6.04. The van der Waals surface area contributed by atoms with E-state index >= 15 is 0 Å². The largest absolute Gasteiger partial charge is 0.449 e. The monoisotopic (exact) mass is 881 g/mol. The standard InChI is InChI=1S/C45H59N11O8/c57-39(17-11-18-40(58)52-29-19-20-38(49-24-29)42-55-53-41(54-56-42)37-16-9-10-21-46-37)47-22-23-48-45(61)64-30(25-50-43(59)62-27-35-31-12-5-1-2-6-13-32(31)35)26-51-44(60)63-28-36-33-14-7-3-4-8-15-34(33)36/h1-4,9-10,16,19-21,24,30-36H,5-8,11-15,17-18,22-23,25-28H2,(H,47,57)(H,48,61)(H,50,59)(H,51,60)(H,52,58)(H,53,54)(H,55,56)/b2-1+,4-3+/t30?,31-,32+,33-,34+,35?,36?. The van der Waals surface area contributed by atoms with Crippen LogP contribution in [0, 0.1) is 35.5 Å². The van der Waals surface area contributed by atoms with Crippen LogP contribution in [0.2, 0.25) is 0 Å². The van der Waals surface area contributed by atoms with Crippen molar-refractivity contribution in [2.75, 3.05) is 44.7 Å². The zero-order chi connectivity index (χ0) is 44.5. The number of alkyl carbamates (subject to hydrolysis) is 3. The second-order valence-electron chi connectivity index (χ2n) is 16.7. The van der Waals surface area contributed by atoms with Gasteiger partial charge in [-0.3, -0.25) is 30.4 Å². The maximum atomic E-state index is 12.8. The molecular weight excluding hydrogens is 823 g/mol. The molecule has 0 radical (unpaired) electrons. The Kier molecular flexibility index (Phi) is 16.5. The summed E-state index contributed by atoms with van der Waals surface area (Å²) < 4.78 is 16.6. The van der Waals surface area contributed by atoms with Crippen LogP contribution in [0.4, 0.5) is 20.1 Å². The van der Waals surface area contributed by atoms with Crippen LogP contribution in [0.15, 0.2) is 77.2 Å². The highest BCUT2D eigenvalue weighted by Gasteiger charge is 2.50. The average Bonchev–Trinajstić information content (AvgIpc) is 4.16. The van der Waals surface area contributed by atoms with Gasteiger partial charge in [-0.25, -0.2) is 14.4 Å². The van der Waals surface area contributed by atoms with Gasteiger partial charge in [0.1, 0.15) is 17.5 Å². The third kappa shape index (κ3) is 14.0. The molecule has 5 amide bonds. The van der Waals surface area contributed by atoms with Crippen LogP contribution in [0.3, 0.4) is 0 Å². The number of ether oxygens (including phenoxy) is 3. The lowest BCUT2D eigenvalue weighted by Crippen LogP contribution is -2.45. The number of hydrogen-bond donors (Lipinski definition) is 7. The topological polar surface area (TPSA) is 248 Å². The van der Waals surface area contributed by atoms with Gasteiger partial charge >= 0.3 is 18.3 Å².